The average molecular weight is 470 g/mol. The molecule has 0 aliphatic rings. The summed E-state index contributed by atoms with van der Waals surface area (Å²) in [7, 11) is 0. The van der Waals surface area contributed by atoms with Crippen molar-refractivity contribution in [1.82, 2.24) is 14.5 Å². The Bertz CT molecular complexity index is 1330. The highest BCUT2D eigenvalue weighted by Gasteiger charge is 2.26. The fraction of sp³-hybridized carbons (Fsp3) is 0.273. The maximum absolute atomic E-state index is 13.4. The van der Waals surface area contributed by atoms with E-state index in [4.69, 9.17) is 14.6 Å². The molecule has 0 atom stereocenters. The van der Waals surface area contributed by atoms with Gasteiger partial charge in [0.2, 0.25) is 5.91 Å². The first kappa shape index (κ1) is 22.3. The van der Waals surface area contributed by atoms with E-state index in [9.17, 15) is 14.4 Å². The number of carbonyl (C=O) groups excluding carboxylic acids is 1. The molecule has 0 saturated carbocycles. The first-order valence-corrected chi connectivity index (χ1v) is 11.3. The van der Waals surface area contributed by atoms with Crippen molar-refractivity contribution < 1.29 is 13.6 Å². The van der Waals surface area contributed by atoms with Crippen LogP contribution in [0.3, 0.4) is 0 Å². The summed E-state index contributed by atoms with van der Waals surface area (Å²) < 4.78 is 12.0. The van der Waals surface area contributed by atoms with Gasteiger partial charge < -0.3 is 14.6 Å². The van der Waals surface area contributed by atoms with E-state index in [0.29, 0.717) is 35.2 Å². The van der Waals surface area contributed by atoms with Gasteiger partial charge in [-0.15, -0.1) is 11.3 Å². The minimum atomic E-state index is -0.736. The number of hydrogen-bond acceptors (Lipinski definition) is 8. The summed E-state index contributed by atoms with van der Waals surface area (Å²) in [6, 6.07) is 6.92. The van der Waals surface area contributed by atoms with Crippen LogP contribution in [0.5, 0.6) is 0 Å². The van der Waals surface area contributed by atoms with E-state index in [1.165, 1.54) is 27.1 Å². The molecule has 3 N–H and O–H groups in total. The lowest BCUT2D eigenvalue weighted by Gasteiger charge is -2.23. The van der Waals surface area contributed by atoms with Crippen molar-refractivity contribution in [1.29, 1.82) is 0 Å². The Kier molecular flexibility index (Phi) is 6.59. The molecular formula is C22H23N5O5S. The molecule has 0 aliphatic heterocycles. The van der Waals surface area contributed by atoms with Gasteiger partial charge in [0, 0.05) is 11.9 Å². The van der Waals surface area contributed by atoms with Gasteiger partial charge in [0.25, 0.3) is 5.56 Å². The predicted octanol–water partition coefficient (Wildman–Crippen LogP) is 3.00. The van der Waals surface area contributed by atoms with Gasteiger partial charge in [-0.05, 0) is 30.7 Å². The van der Waals surface area contributed by atoms with E-state index >= 15 is 0 Å². The van der Waals surface area contributed by atoms with Gasteiger partial charge in [-0.2, -0.15) is 0 Å². The van der Waals surface area contributed by atoms with Crippen LogP contribution in [0.2, 0.25) is 0 Å². The van der Waals surface area contributed by atoms with E-state index in [2.05, 4.69) is 9.97 Å². The zero-order valence-corrected chi connectivity index (χ0v) is 18.8. The third kappa shape index (κ3) is 4.82. The van der Waals surface area contributed by atoms with Crippen molar-refractivity contribution in [2.75, 3.05) is 10.6 Å². The molecule has 0 bridgehead atoms. The monoisotopic (exact) mass is 469 g/mol. The highest BCUT2D eigenvalue weighted by atomic mass is 32.1. The molecule has 0 fully saturated rings. The largest absolute Gasteiger partial charge is 0.467 e. The maximum Gasteiger partial charge on any atom is 0.330 e. The second kappa shape index (κ2) is 9.74. The van der Waals surface area contributed by atoms with Crippen molar-refractivity contribution in [3.63, 3.8) is 0 Å². The molecule has 0 aliphatic carbocycles. The number of carbonyl (C=O) groups is 1. The lowest BCUT2D eigenvalue weighted by molar-refractivity contribution is -0.118. The van der Waals surface area contributed by atoms with Crippen molar-refractivity contribution in [2.24, 2.45) is 0 Å². The molecule has 11 heteroatoms. The van der Waals surface area contributed by atoms with Crippen LogP contribution in [0.25, 0.3) is 10.8 Å². The van der Waals surface area contributed by atoms with Gasteiger partial charge in [0.1, 0.15) is 11.6 Å². The van der Waals surface area contributed by atoms with E-state index in [-0.39, 0.29) is 24.5 Å². The first-order valence-electron chi connectivity index (χ1n) is 10.4. The van der Waals surface area contributed by atoms with Crippen LogP contribution < -0.4 is 21.9 Å². The van der Waals surface area contributed by atoms with Crippen LogP contribution in [0.15, 0.2) is 60.6 Å². The quantitative estimate of drug-likeness (QED) is 0.384. The Morgan fingerprint density at radius 3 is 2.73 bits per heavy atom. The first-order chi connectivity index (χ1) is 16.0. The van der Waals surface area contributed by atoms with Gasteiger partial charge in [0.15, 0.2) is 16.5 Å². The molecule has 4 aromatic heterocycles. The van der Waals surface area contributed by atoms with E-state index in [1.807, 2.05) is 6.92 Å². The Hall–Kier alpha value is -3.86. The molecule has 4 aromatic rings. The van der Waals surface area contributed by atoms with E-state index < -0.39 is 17.2 Å². The number of furan rings is 2. The lowest BCUT2D eigenvalue weighted by Crippen LogP contribution is -2.41. The van der Waals surface area contributed by atoms with Gasteiger partial charge in [0.05, 0.1) is 31.2 Å². The Morgan fingerprint density at radius 2 is 2.03 bits per heavy atom. The summed E-state index contributed by atoms with van der Waals surface area (Å²) in [6.45, 7) is 2.28. The summed E-state index contributed by atoms with van der Waals surface area (Å²) in [5.74, 6) is 0.588. The number of nitrogen functional groups attached to an aromatic ring is 1. The number of aromatic nitrogens is 3. The number of thiazole rings is 1. The van der Waals surface area contributed by atoms with Crippen LogP contribution in [-0.4, -0.2) is 20.4 Å². The molecular weight excluding hydrogens is 446 g/mol. The van der Waals surface area contributed by atoms with Crippen molar-refractivity contribution in [3.05, 3.63) is 74.5 Å². The van der Waals surface area contributed by atoms with Crippen LogP contribution >= 0.6 is 11.3 Å². The number of anilines is 2. The zero-order chi connectivity index (χ0) is 23.4. The number of nitrogens with one attached hydrogen (secondary N) is 1. The molecule has 4 rings (SSSR count). The maximum atomic E-state index is 13.4. The predicted molar refractivity (Wildman–Crippen MR) is 124 cm³/mol. The fourth-order valence-electron chi connectivity index (χ4n) is 3.38. The number of aromatic amines is 1. The van der Waals surface area contributed by atoms with E-state index in [1.54, 1.807) is 35.9 Å². The average Bonchev–Trinajstić information content (AvgIpc) is 3.55. The molecule has 0 spiro atoms. The Morgan fingerprint density at radius 1 is 1.24 bits per heavy atom. The van der Waals surface area contributed by atoms with Gasteiger partial charge in [-0.1, -0.05) is 13.3 Å². The summed E-state index contributed by atoms with van der Waals surface area (Å²) in [4.78, 5) is 46.5. The highest BCUT2D eigenvalue weighted by Crippen LogP contribution is 2.26. The van der Waals surface area contributed by atoms with Gasteiger partial charge >= 0.3 is 5.69 Å². The molecule has 0 saturated heterocycles. The molecule has 33 heavy (non-hydrogen) atoms. The molecule has 10 nitrogen and oxygen atoms in total. The smallest absolute Gasteiger partial charge is 0.330 e. The molecule has 4 heterocycles. The molecule has 172 valence electrons. The number of rotatable bonds is 9. The Labute approximate surface area is 192 Å². The number of unbranched alkanes of at least 4 members (excludes halogenated alkanes) is 1. The molecule has 0 aromatic carbocycles. The van der Waals surface area contributed by atoms with Crippen LogP contribution in [0.1, 0.15) is 31.2 Å². The molecule has 1 amide bonds. The minimum absolute atomic E-state index is 0.0275. The molecule has 0 unspecified atom stereocenters. The fourth-order valence-corrected chi connectivity index (χ4v) is 4.16. The standard InChI is InChI=1S/C22H23N5O5S/c1-2-3-8-26-19(23)18(20(29)25-22(26)30)27(12-15-6-4-9-31-15)17(28)11-14-13-33-21(24-14)16-7-5-10-32-16/h4-7,9-10,13H,2-3,8,11-12,23H2,1H3,(H,25,29,30). The number of H-pyrrole nitrogens is 1. The molecule has 0 radical (unpaired) electrons. The SMILES string of the molecule is CCCCn1c(N)c(N(Cc2ccco2)C(=O)Cc2csc(-c3ccco3)n2)c(=O)[nH]c1=O. The number of nitrogens with zero attached hydrogens (tertiary/aromatic N) is 3. The lowest BCUT2D eigenvalue weighted by atomic mass is 10.2. The van der Waals surface area contributed by atoms with Crippen molar-refractivity contribution >= 4 is 28.7 Å². The minimum Gasteiger partial charge on any atom is -0.467 e. The highest BCUT2D eigenvalue weighted by molar-refractivity contribution is 7.13. The van der Waals surface area contributed by atoms with E-state index in [0.717, 1.165) is 6.42 Å². The van der Waals surface area contributed by atoms with Crippen LogP contribution in [0, 0.1) is 0 Å². The summed E-state index contributed by atoms with van der Waals surface area (Å²) >= 11 is 1.35. The van der Waals surface area contributed by atoms with Crippen LogP contribution in [-0.2, 0) is 24.3 Å². The number of nitrogens with two attached hydrogens (primary N) is 1. The second-order valence-corrected chi connectivity index (χ2v) is 8.21. The number of amides is 1. The van der Waals surface area contributed by atoms with Crippen molar-refractivity contribution in [2.45, 2.75) is 39.3 Å². The second-order valence-electron chi connectivity index (χ2n) is 7.36. The zero-order valence-electron chi connectivity index (χ0n) is 17.9. The van der Waals surface area contributed by atoms with Crippen LogP contribution in [0.4, 0.5) is 11.5 Å². The van der Waals surface area contributed by atoms with Crippen molar-refractivity contribution in [3.8, 4) is 10.8 Å². The summed E-state index contributed by atoms with van der Waals surface area (Å²) in [5.41, 5.74) is 5.34. The third-order valence-corrected chi connectivity index (χ3v) is 5.94. The third-order valence-electron chi connectivity index (χ3n) is 5.03. The summed E-state index contributed by atoms with van der Waals surface area (Å²) in [5, 5.41) is 2.40. The topological polar surface area (TPSA) is 140 Å². The normalized spacial score (nSPS) is 11.1. The van der Waals surface area contributed by atoms with Gasteiger partial charge in [-0.3, -0.25) is 24.0 Å². The Balaban J connectivity index is 1.69. The summed E-state index contributed by atoms with van der Waals surface area (Å²) in [6.07, 6.45) is 4.47. The van der Waals surface area contributed by atoms with Gasteiger partial charge in [-0.25, -0.2) is 9.78 Å². The number of hydrogen-bond donors (Lipinski definition) is 2.